The summed E-state index contributed by atoms with van der Waals surface area (Å²) in [7, 11) is 0. The zero-order valence-electron chi connectivity index (χ0n) is 9.20. The minimum absolute atomic E-state index is 0.140. The van der Waals surface area contributed by atoms with Crippen molar-refractivity contribution >= 4 is 11.2 Å². The van der Waals surface area contributed by atoms with E-state index in [0.717, 1.165) is 4.57 Å². The van der Waals surface area contributed by atoms with E-state index in [1.165, 1.54) is 12.4 Å². The molecule has 0 spiro atoms. The molecule has 0 atom stereocenters. The molecule has 3 aromatic rings. The summed E-state index contributed by atoms with van der Waals surface area (Å²) in [6.07, 6.45) is 2.84. The van der Waals surface area contributed by atoms with Gasteiger partial charge in [-0.05, 0) is 12.1 Å². The van der Waals surface area contributed by atoms with E-state index in [0.29, 0.717) is 5.69 Å². The molecule has 1 N–H and O–H groups in total. The van der Waals surface area contributed by atoms with Crippen LogP contribution in [0.1, 0.15) is 0 Å². The third-order valence-corrected chi connectivity index (χ3v) is 2.55. The molecule has 3 rings (SSSR count). The fourth-order valence-corrected chi connectivity index (χ4v) is 1.75. The average molecular weight is 240 g/mol. The average Bonchev–Trinajstić information content (AvgIpc) is 2.40. The molecule has 2 heterocycles. The van der Waals surface area contributed by atoms with Gasteiger partial charge in [-0.1, -0.05) is 18.2 Å². The number of aromatic amines is 1. The van der Waals surface area contributed by atoms with Crippen LogP contribution < -0.4 is 11.2 Å². The lowest BCUT2D eigenvalue weighted by Gasteiger charge is -2.04. The van der Waals surface area contributed by atoms with Gasteiger partial charge in [-0.3, -0.25) is 9.78 Å². The summed E-state index contributed by atoms with van der Waals surface area (Å²) in [5.41, 5.74) is -0.177. The summed E-state index contributed by atoms with van der Waals surface area (Å²) < 4.78 is 1.04. The van der Waals surface area contributed by atoms with Crippen molar-refractivity contribution in [3.05, 3.63) is 63.6 Å². The van der Waals surface area contributed by atoms with Gasteiger partial charge in [0, 0.05) is 12.4 Å². The monoisotopic (exact) mass is 240 g/mol. The molecule has 0 saturated heterocycles. The molecule has 0 aliphatic rings. The van der Waals surface area contributed by atoms with E-state index in [1.807, 2.05) is 6.07 Å². The van der Waals surface area contributed by atoms with Crippen molar-refractivity contribution in [1.29, 1.82) is 0 Å². The van der Waals surface area contributed by atoms with Gasteiger partial charge in [0.25, 0.3) is 5.56 Å². The lowest BCUT2D eigenvalue weighted by atomic mass is 10.3. The van der Waals surface area contributed by atoms with Crippen LogP contribution in [0.5, 0.6) is 0 Å². The van der Waals surface area contributed by atoms with Gasteiger partial charge in [-0.2, -0.15) is 0 Å². The molecule has 0 aliphatic heterocycles. The molecule has 0 unspecified atom stereocenters. The molecule has 0 saturated carbocycles. The topological polar surface area (TPSA) is 80.6 Å². The molecule has 18 heavy (non-hydrogen) atoms. The standard InChI is InChI=1S/C12H8N4O2/c17-11-9-10(14-7-6-13-9)15-12(18)16(11)8-4-2-1-3-5-8/h1-7H,(H,14,15,18). The lowest BCUT2D eigenvalue weighted by molar-refractivity contribution is 0.888. The van der Waals surface area contributed by atoms with Gasteiger partial charge in [0.05, 0.1) is 5.69 Å². The largest absolute Gasteiger partial charge is 0.334 e. The van der Waals surface area contributed by atoms with Crippen molar-refractivity contribution in [1.82, 2.24) is 19.5 Å². The van der Waals surface area contributed by atoms with E-state index < -0.39 is 11.2 Å². The summed E-state index contributed by atoms with van der Waals surface area (Å²) in [6, 6.07) is 8.67. The second kappa shape index (κ2) is 3.92. The fraction of sp³-hybridized carbons (Fsp3) is 0. The maximum Gasteiger partial charge on any atom is 0.334 e. The highest BCUT2D eigenvalue weighted by Crippen LogP contribution is 2.02. The summed E-state index contributed by atoms with van der Waals surface area (Å²) in [6.45, 7) is 0. The minimum Gasteiger partial charge on any atom is -0.290 e. The third-order valence-electron chi connectivity index (χ3n) is 2.55. The molecule has 6 nitrogen and oxygen atoms in total. The number of H-pyrrole nitrogens is 1. The second-order valence-corrected chi connectivity index (χ2v) is 3.66. The molecule has 0 radical (unpaired) electrons. The van der Waals surface area contributed by atoms with E-state index in [2.05, 4.69) is 15.0 Å². The number of fused-ring (bicyclic) bond motifs is 1. The number of nitrogens with one attached hydrogen (secondary N) is 1. The van der Waals surface area contributed by atoms with Gasteiger partial charge >= 0.3 is 5.69 Å². The van der Waals surface area contributed by atoms with Crippen LogP contribution in [0.4, 0.5) is 0 Å². The second-order valence-electron chi connectivity index (χ2n) is 3.66. The van der Waals surface area contributed by atoms with Crippen LogP contribution in [0, 0.1) is 0 Å². The molecular weight excluding hydrogens is 232 g/mol. The molecular formula is C12H8N4O2. The van der Waals surface area contributed by atoms with Crippen LogP contribution in [-0.4, -0.2) is 19.5 Å². The lowest BCUT2D eigenvalue weighted by Crippen LogP contribution is -2.34. The van der Waals surface area contributed by atoms with Crippen LogP contribution >= 0.6 is 0 Å². The minimum atomic E-state index is -0.529. The number of hydrogen-bond acceptors (Lipinski definition) is 4. The Hall–Kier alpha value is -2.76. The zero-order chi connectivity index (χ0) is 12.5. The first-order valence-corrected chi connectivity index (χ1v) is 5.29. The number of para-hydroxylation sites is 1. The molecule has 88 valence electrons. The summed E-state index contributed by atoms with van der Waals surface area (Å²) >= 11 is 0. The van der Waals surface area contributed by atoms with E-state index in [9.17, 15) is 9.59 Å². The summed E-state index contributed by atoms with van der Waals surface area (Å²) in [5, 5.41) is 0. The Balaban J connectivity index is 2.45. The van der Waals surface area contributed by atoms with Crippen molar-refractivity contribution in [2.75, 3.05) is 0 Å². The highest BCUT2D eigenvalue weighted by atomic mass is 16.2. The van der Waals surface area contributed by atoms with Crippen LogP contribution in [-0.2, 0) is 0 Å². The Morgan fingerprint density at radius 2 is 1.72 bits per heavy atom. The fourth-order valence-electron chi connectivity index (χ4n) is 1.75. The maximum absolute atomic E-state index is 12.2. The van der Waals surface area contributed by atoms with Crippen molar-refractivity contribution in [3.8, 4) is 5.69 Å². The number of nitrogens with zero attached hydrogens (tertiary/aromatic N) is 3. The molecule has 1 aromatic carbocycles. The molecule has 0 amide bonds. The predicted molar refractivity (Wildman–Crippen MR) is 65.8 cm³/mol. The number of rotatable bonds is 1. The first kappa shape index (κ1) is 10.4. The van der Waals surface area contributed by atoms with E-state index in [1.54, 1.807) is 24.3 Å². The van der Waals surface area contributed by atoms with Gasteiger partial charge in [0.2, 0.25) is 0 Å². The SMILES string of the molecule is O=c1[nH]c2nccnc2c(=O)n1-c1ccccc1. The Bertz CT molecular complexity index is 821. The van der Waals surface area contributed by atoms with Gasteiger partial charge in [0.15, 0.2) is 11.2 Å². The van der Waals surface area contributed by atoms with Crippen LogP contribution in [0.15, 0.2) is 52.3 Å². The Kier molecular flexibility index (Phi) is 2.26. The van der Waals surface area contributed by atoms with E-state index in [-0.39, 0.29) is 11.2 Å². The first-order chi connectivity index (χ1) is 8.77. The number of benzene rings is 1. The Labute approximate surface area is 101 Å². The first-order valence-electron chi connectivity index (χ1n) is 5.29. The normalized spacial score (nSPS) is 10.7. The van der Waals surface area contributed by atoms with Crippen LogP contribution in [0.3, 0.4) is 0 Å². The maximum atomic E-state index is 12.2. The van der Waals surface area contributed by atoms with Gasteiger partial charge in [-0.25, -0.2) is 19.3 Å². The van der Waals surface area contributed by atoms with Gasteiger partial charge in [0.1, 0.15) is 0 Å². The van der Waals surface area contributed by atoms with E-state index >= 15 is 0 Å². The molecule has 0 bridgehead atoms. The quantitative estimate of drug-likeness (QED) is 0.670. The number of aromatic nitrogens is 4. The zero-order valence-corrected chi connectivity index (χ0v) is 9.20. The summed E-state index contributed by atoms with van der Waals surface area (Å²) in [4.78, 5) is 34.5. The Morgan fingerprint density at radius 1 is 1.00 bits per heavy atom. The van der Waals surface area contributed by atoms with Gasteiger partial charge < -0.3 is 0 Å². The number of hydrogen-bond donors (Lipinski definition) is 1. The van der Waals surface area contributed by atoms with Crippen LogP contribution in [0.25, 0.3) is 16.9 Å². The molecule has 0 fully saturated rings. The van der Waals surface area contributed by atoms with Crippen molar-refractivity contribution in [2.45, 2.75) is 0 Å². The Morgan fingerprint density at radius 3 is 2.50 bits per heavy atom. The highest BCUT2D eigenvalue weighted by molar-refractivity contribution is 5.67. The third kappa shape index (κ3) is 1.51. The highest BCUT2D eigenvalue weighted by Gasteiger charge is 2.10. The van der Waals surface area contributed by atoms with Crippen LogP contribution in [0.2, 0.25) is 0 Å². The predicted octanol–water partition coefficient (Wildman–Crippen LogP) is 0.469. The van der Waals surface area contributed by atoms with Crippen molar-refractivity contribution < 1.29 is 0 Å². The van der Waals surface area contributed by atoms with Crippen molar-refractivity contribution in [2.24, 2.45) is 0 Å². The summed E-state index contributed by atoms with van der Waals surface area (Å²) in [5.74, 6) is 0. The molecule has 6 heteroatoms. The van der Waals surface area contributed by atoms with E-state index in [4.69, 9.17) is 0 Å². The van der Waals surface area contributed by atoms with Crippen molar-refractivity contribution in [3.63, 3.8) is 0 Å². The van der Waals surface area contributed by atoms with Gasteiger partial charge in [-0.15, -0.1) is 0 Å². The smallest absolute Gasteiger partial charge is 0.290 e. The molecule has 0 aliphatic carbocycles. The molecule has 2 aromatic heterocycles.